The molecule has 0 bridgehead atoms. The number of hydrogen-bond acceptors (Lipinski definition) is 0. The third kappa shape index (κ3) is 14.9. The normalized spacial score (nSPS) is 17.2. The second-order valence-corrected chi connectivity index (χ2v) is 12.4. The van der Waals surface area contributed by atoms with E-state index in [-0.39, 0.29) is 0 Å². The van der Waals surface area contributed by atoms with Crippen LogP contribution in [0.25, 0.3) is 16.7 Å². The smallest absolute Gasteiger partial charge is 0.0152 e. The summed E-state index contributed by atoms with van der Waals surface area (Å²) in [7, 11) is 0. The van der Waals surface area contributed by atoms with Crippen molar-refractivity contribution in [2.24, 2.45) is 11.8 Å². The predicted molar refractivity (Wildman–Crippen MR) is 196 cm³/mol. The van der Waals surface area contributed by atoms with Gasteiger partial charge >= 0.3 is 0 Å². The lowest BCUT2D eigenvalue weighted by molar-refractivity contribution is 0.308. The van der Waals surface area contributed by atoms with Crippen molar-refractivity contribution in [3.8, 4) is 0 Å². The van der Waals surface area contributed by atoms with Crippen molar-refractivity contribution in [2.45, 2.75) is 122 Å². The van der Waals surface area contributed by atoms with Gasteiger partial charge in [-0.15, -0.1) is 0 Å². The lowest BCUT2D eigenvalue weighted by atomic mass is 9.84. The molecule has 0 N–H and O–H groups in total. The first-order valence-corrected chi connectivity index (χ1v) is 16.4. The molecular formula is C42H64. The zero-order chi connectivity index (χ0) is 32.2. The number of rotatable bonds is 6. The average molecular weight is 569 g/mol. The van der Waals surface area contributed by atoms with E-state index in [1.54, 1.807) is 0 Å². The molecule has 0 nitrogen and oxygen atoms in total. The van der Waals surface area contributed by atoms with Gasteiger partial charge in [-0.1, -0.05) is 165 Å². The first kappa shape index (κ1) is 39.1. The highest BCUT2D eigenvalue weighted by molar-refractivity contribution is 5.82. The molecule has 0 heteroatoms. The van der Waals surface area contributed by atoms with Crippen molar-refractivity contribution >= 4 is 16.7 Å². The van der Waals surface area contributed by atoms with Gasteiger partial charge in [0.25, 0.3) is 0 Å². The van der Waals surface area contributed by atoms with Crippen molar-refractivity contribution < 1.29 is 0 Å². The van der Waals surface area contributed by atoms with Crippen LogP contribution in [0.3, 0.4) is 0 Å². The number of allylic oxidation sites excluding steroid dienone is 8. The molecule has 0 unspecified atom stereocenters. The molecule has 0 atom stereocenters. The maximum atomic E-state index is 4.05. The van der Waals surface area contributed by atoms with Crippen molar-refractivity contribution in [3.63, 3.8) is 0 Å². The summed E-state index contributed by atoms with van der Waals surface area (Å²) in [6.07, 6.45) is 14.6. The van der Waals surface area contributed by atoms with Gasteiger partial charge in [-0.05, 0) is 97.9 Å². The Labute approximate surface area is 262 Å². The SMILES string of the molecule is C=C\C=C(/C(C)=C(C)/C=C(\C)c1ccc(C(=C)C)cc1C)c1ccc(C)cc1.CC1CCC(C)CC1.CCC.CCC. The van der Waals surface area contributed by atoms with Gasteiger partial charge in [0.1, 0.15) is 0 Å². The van der Waals surface area contributed by atoms with E-state index < -0.39 is 0 Å². The quantitative estimate of drug-likeness (QED) is 0.304. The molecule has 0 aromatic heterocycles. The number of benzene rings is 2. The monoisotopic (exact) mass is 569 g/mol. The topological polar surface area (TPSA) is 0 Å². The molecule has 0 saturated heterocycles. The molecule has 232 valence electrons. The molecule has 2 aromatic carbocycles. The van der Waals surface area contributed by atoms with E-state index in [4.69, 9.17) is 0 Å². The second kappa shape index (κ2) is 21.8. The van der Waals surface area contributed by atoms with Crippen molar-refractivity contribution in [1.29, 1.82) is 0 Å². The fourth-order valence-corrected chi connectivity index (χ4v) is 4.81. The van der Waals surface area contributed by atoms with Crippen molar-refractivity contribution in [1.82, 2.24) is 0 Å². The molecule has 3 rings (SSSR count). The van der Waals surface area contributed by atoms with Crippen LogP contribution < -0.4 is 0 Å². The van der Waals surface area contributed by atoms with Crippen molar-refractivity contribution in [3.05, 3.63) is 113 Å². The van der Waals surface area contributed by atoms with E-state index in [1.807, 2.05) is 13.0 Å². The third-order valence-corrected chi connectivity index (χ3v) is 7.52. The zero-order valence-electron chi connectivity index (χ0n) is 29.6. The molecule has 0 radical (unpaired) electrons. The average Bonchev–Trinajstić information content (AvgIpc) is 2.94. The van der Waals surface area contributed by atoms with Crippen LogP contribution >= 0.6 is 0 Å². The lowest BCUT2D eigenvalue weighted by Gasteiger charge is -2.22. The summed E-state index contributed by atoms with van der Waals surface area (Å²) >= 11 is 0. The summed E-state index contributed by atoms with van der Waals surface area (Å²) in [6.45, 7) is 34.1. The molecule has 1 aliphatic carbocycles. The van der Waals surface area contributed by atoms with E-state index in [2.05, 4.69) is 144 Å². The van der Waals surface area contributed by atoms with E-state index >= 15 is 0 Å². The highest BCUT2D eigenvalue weighted by Crippen LogP contribution is 2.29. The van der Waals surface area contributed by atoms with E-state index in [9.17, 15) is 0 Å². The summed E-state index contributed by atoms with van der Waals surface area (Å²) in [4.78, 5) is 0. The van der Waals surface area contributed by atoms with Gasteiger partial charge < -0.3 is 0 Å². The lowest BCUT2D eigenvalue weighted by Crippen LogP contribution is -2.08. The first-order valence-electron chi connectivity index (χ1n) is 16.4. The van der Waals surface area contributed by atoms with Gasteiger partial charge in [0.05, 0.1) is 0 Å². The maximum absolute atomic E-state index is 4.05. The molecular weight excluding hydrogens is 504 g/mol. The van der Waals surface area contributed by atoms with Crippen LogP contribution in [-0.2, 0) is 0 Å². The molecule has 1 saturated carbocycles. The fourth-order valence-electron chi connectivity index (χ4n) is 4.81. The summed E-state index contributed by atoms with van der Waals surface area (Å²) in [5.41, 5.74) is 12.3. The van der Waals surface area contributed by atoms with E-state index in [0.29, 0.717) is 0 Å². The van der Waals surface area contributed by atoms with Gasteiger partial charge in [-0.2, -0.15) is 0 Å². The van der Waals surface area contributed by atoms with Gasteiger partial charge in [0.2, 0.25) is 0 Å². The van der Waals surface area contributed by atoms with E-state index in [1.165, 1.54) is 88.6 Å². The minimum Gasteiger partial charge on any atom is -0.0990 e. The number of hydrogen-bond donors (Lipinski definition) is 0. The third-order valence-electron chi connectivity index (χ3n) is 7.52. The molecule has 0 heterocycles. The summed E-state index contributed by atoms with van der Waals surface area (Å²) < 4.78 is 0. The standard InChI is InChI=1S/C28H32.C8H16.2C3H8/c1-9-10-28(25-13-11-20(4)12-14-25)24(8)21(5)17-22(6)27-16-15-26(19(2)3)18-23(27)7;1-7-3-5-8(2)6-4-7;2*1-3-2/h9-18H,1-2H2,3-8H3;7-8H,3-6H2,1-2H3;2*3H2,1-2H3/b22-17+,24-21+,28-10+;;;. The molecule has 0 aliphatic heterocycles. The Kier molecular flexibility index (Phi) is 20.3. The summed E-state index contributed by atoms with van der Waals surface area (Å²) in [6, 6.07) is 15.2. The Balaban J connectivity index is 0.000000988. The Morgan fingerprint density at radius 2 is 1.21 bits per heavy atom. The Hall–Kier alpha value is -2.86. The van der Waals surface area contributed by atoms with Crippen LogP contribution in [0.15, 0.2) is 85.0 Å². The minimum atomic E-state index is 1.02. The first-order chi connectivity index (χ1) is 19.9. The Morgan fingerprint density at radius 1 is 0.762 bits per heavy atom. The molecule has 2 aromatic rings. The Morgan fingerprint density at radius 3 is 1.62 bits per heavy atom. The Bertz CT molecular complexity index is 1140. The van der Waals surface area contributed by atoms with Gasteiger partial charge in [-0.3, -0.25) is 0 Å². The number of aryl methyl sites for hydroxylation is 2. The van der Waals surface area contributed by atoms with Crippen molar-refractivity contribution in [2.75, 3.05) is 0 Å². The second-order valence-electron chi connectivity index (χ2n) is 12.4. The summed E-state index contributed by atoms with van der Waals surface area (Å²) in [5.74, 6) is 2.04. The molecule has 42 heavy (non-hydrogen) atoms. The largest absolute Gasteiger partial charge is 0.0990 e. The molecule has 1 fully saturated rings. The maximum Gasteiger partial charge on any atom is -0.0152 e. The van der Waals surface area contributed by atoms with E-state index in [0.717, 1.165) is 17.4 Å². The van der Waals surface area contributed by atoms with Gasteiger partial charge in [0, 0.05) is 0 Å². The van der Waals surface area contributed by atoms with Crippen LogP contribution in [-0.4, -0.2) is 0 Å². The molecule has 1 aliphatic rings. The van der Waals surface area contributed by atoms with Gasteiger partial charge in [-0.25, -0.2) is 0 Å². The predicted octanol–water partition coefficient (Wildman–Crippen LogP) is 14.0. The summed E-state index contributed by atoms with van der Waals surface area (Å²) in [5, 5.41) is 0. The zero-order valence-corrected chi connectivity index (χ0v) is 29.6. The molecule has 0 spiro atoms. The molecule has 0 amide bonds. The highest BCUT2D eigenvalue weighted by atomic mass is 14.2. The van der Waals surface area contributed by atoms with Crippen LogP contribution in [0.5, 0.6) is 0 Å². The van der Waals surface area contributed by atoms with Crippen LogP contribution in [0.4, 0.5) is 0 Å². The highest BCUT2D eigenvalue weighted by Gasteiger charge is 2.13. The minimum absolute atomic E-state index is 1.02. The van der Waals surface area contributed by atoms with Gasteiger partial charge in [0.15, 0.2) is 0 Å². The van der Waals surface area contributed by atoms with Crippen LogP contribution in [0.2, 0.25) is 0 Å². The van der Waals surface area contributed by atoms with Crippen LogP contribution in [0.1, 0.15) is 136 Å². The fraction of sp³-hybridized carbons (Fsp3) is 0.476. The van der Waals surface area contributed by atoms with Crippen LogP contribution in [0, 0.1) is 25.7 Å².